The first-order valence-corrected chi connectivity index (χ1v) is 17.0. The molecule has 2 fully saturated rings. The molecule has 1 saturated heterocycles. The van der Waals surface area contributed by atoms with Crippen molar-refractivity contribution in [1.82, 2.24) is 20.3 Å². The molecule has 1 saturated carbocycles. The van der Waals surface area contributed by atoms with Gasteiger partial charge in [-0.1, -0.05) is 37.1 Å². The summed E-state index contributed by atoms with van der Waals surface area (Å²) in [7, 11) is -4.56. The fourth-order valence-electron chi connectivity index (χ4n) is 5.75. The second-order valence-electron chi connectivity index (χ2n) is 13.1. The Kier molecular flexibility index (Phi) is 10.8. The molecule has 0 unspecified atom stereocenters. The SMILES string of the molecule is CC(C)(C)OC(=O)N[C@H]1CCCCCC=C[C@@H]2C[C@@]2(C(=O)NS(=O)(=O)c2ccccc2OCC(N)=O)NC(=O)[C@@H]2C[C@@H](O)CN2C1=O. The van der Waals surface area contributed by atoms with Crippen LogP contribution in [0, 0.1) is 5.92 Å². The van der Waals surface area contributed by atoms with E-state index in [0.717, 1.165) is 12.8 Å². The molecule has 1 aromatic rings. The van der Waals surface area contributed by atoms with E-state index >= 15 is 0 Å². The average molecular weight is 678 g/mol. The highest BCUT2D eigenvalue weighted by Gasteiger charge is 2.61. The minimum absolute atomic E-state index is 0.0858. The van der Waals surface area contributed by atoms with Gasteiger partial charge in [0.2, 0.25) is 11.8 Å². The Balaban J connectivity index is 1.59. The molecule has 15 nitrogen and oxygen atoms in total. The van der Waals surface area contributed by atoms with E-state index in [-0.39, 0.29) is 31.6 Å². The molecule has 1 aromatic carbocycles. The van der Waals surface area contributed by atoms with Gasteiger partial charge in [0, 0.05) is 18.9 Å². The standard InChI is InChI=1S/C31H43N5O10S/c1-30(2,3)46-29(42)33-21-12-8-6-4-5-7-11-19-16-31(19,34-26(39)22-15-20(37)17-36(22)27(21)40)28(41)35-47(43,44)24-14-10-9-13-23(24)45-18-25(32)38/h7,9-11,13-14,19-22,37H,4-6,8,12,15-18H2,1-3H3,(H2,32,38)(H,33,42)(H,34,39)(H,35,41)/t19-,20-,21+,22+,31-/m1/s1. The van der Waals surface area contributed by atoms with Gasteiger partial charge in [-0.15, -0.1) is 0 Å². The smallest absolute Gasteiger partial charge is 0.408 e. The van der Waals surface area contributed by atoms with E-state index in [1.807, 2.05) is 10.8 Å². The van der Waals surface area contributed by atoms with Gasteiger partial charge in [-0.2, -0.15) is 0 Å². The molecule has 0 radical (unpaired) electrons. The number of nitrogens with one attached hydrogen (secondary N) is 3. The fraction of sp³-hybridized carbons (Fsp3) is 0.581. The molecule has 6 N–H and O–H groups in total. The van der Waals surface area contributed by atoms with Gasteiger partial charge in [-0.3, -0.25) is 19.2 Å². The number of aliphatic hydroxyl groups excluding tert-OH is 1. The Bertz CT molecular complexity index is 1520. The van der Waals surface area contributed by atoms with Gasteiger partial charge in [0.15, 0.2) is 6.61 Å². The van der Waals surface area contributed by atoms with E-state index in [1.54, 1.807) is 26.8 Å². The number of carbonyl (C=O) groups is 5. The molecule has 3 aliphatic rings. The summed E-state index contributed by atoms with van der Waals surface area (Å²) in [5.41, 5.74) is 2.65. The van der Waals surface area contributed by atoms with Gasteiger partial charge in [0.25, 0.3) is 21.8 Å². The quantitative estimate of drug-likeness (QED) is 0.253. The molecule has 5 amide bonds. The van der Waals surface area contributed by atoms with Crippen LogP contribution in [-0.2, 0) is 33.9 Å². The Labute approximate surface area is 273 Å². The number of sulfonamides is 1. The molecule has 0 spiro atoms. The Morgan fingerprint density at radius 3 is 2.57 bits per heavy atom. The number of amides is 5. The van der Waals surface area contributed by atoms with Crippen molar-refractivity contribution in [2.24, 2.45) is 11.7 Å². The molecule has 5 atom stereocenters. The number of para-hydroxylation sites is 1. The lowest BCUT2D eigenvalue weighted by Gasteiger charge is -2.30. The maximum absolute atomic E-state index is 13.8. The van der Waals surface area contributed by atoms with Crippen molar-refractivity contribution in [1.29, 1.82) is 0 Å². The third kappa shape index (κ3) is 9.00. The number of hydrogen-bond acceptors (Lipinski definition) is 10. The lowest BCUT2D eigenvalue weighted by molar-refractivity contribution is -0.141. The summed E-state index contributed by atoms with van der Waals surface area (Å²) < 4.78 is 39.4. The highest BCUT2D eigenvalue weighted by molar-refractivity contribution is 7.90. The molecule has 1 aliphatic carbocycles. The summed E-state index contributed by atoms with van der Waals surface area (Å²) in [6.07, 6.45) is 4.69. The first-order chi connectivity index (χ1) is 22.0. The highest BCUT2D eigenvalue weighted by atomic mass is 32.2. The number of nitrogens with two attached hydrogens (primary N) is 1. The molecule has 0 aromatic heterocycles. The molecule has 0 bridgehead atoms. The van der Waals surface area contributed by atoms with Crippen molar-refractivity contribution in [2.75, 3.05) is 13.2 Å². The predicted octanol–water partition coefficient (Wildman–Crippen LogP) is 0.606. The fourth-order valence-corrected chi connectivity index (χ4v) is 6.94. The number of allylic oxidation sites excluding steroid dienone is 1. The number of primary amides is 1. The normalized spacial score (nSPS) is 26.9. The largest absolute Gasteiger partial charge is 0.482 e. The summed E-state index contributed by atoms with van der Waals surface area (Å²) in [4.78, 5) is 65.9. The lowest BCUT2D eigenvalue weighted by Crippen LogP contribution is -2.58. The van der Waals surface area contributed by atoms with Crippen LogP contribution >= 0.6 is 0 Å². The van der Waals surface area contributed by atoms with Crippen LogP contribution < -0.4 is 25.8 Å². The van der Waals surface area contributed by atoms with E-state index in [4.69, 9.17) is 15.2 Å². The second-order valence-corrected chi connectivity index (χ2v) is 14.7. The van der Waals surface area contributed by atoms with E-state index in [9.17, 15) is 37.5 Å². The number of ether oxygens (including phenoxy) is 2. The molecule has 2 aliphatic heterocycles. The molecule has 47 heavy (non-hydrogen) atoms. The summed E-state index contributed by atoms with van der Waals surface area (Å²) in [6.45, 7) is 4.30. The van der Waals surface area contributed by atoms with Crippen LogP contribution in [0.3, 0.4) is 0 Å². The van der Waals surface area contributed by atoms with Gasteiger partial charge in [0.1, 0.15) is 33.9 Å². The first kappa shape index (κ1) is 35.7. The first-order valence-electron chi connectivity index (χ1n) is 15.6. The van der Waals surface area contributed by atoms with Gasteiger partial charge in [-0.25, -0.2) is 17.9 Å². The zero-order valence-corrected chi connectivity index (χ0v) is 27.5. The van der Waals surface area contributed by atoms with E-state index in [2.05, 4.69) is 10.6 Å². The number of alkyl carbamates (subject to hydrolysis) is 1. The summed E-state index contributed by atoms with van der Waals surface area (Å²) in [6, 6.07) is 3.16. The zero-order valence-electron chi connectivity index (χ0n) is 26.7. The minimum atomic E-state index is -4.56. The lowest BCUT2D eigenvalue weighted by atomic mass is 10.0. The third-order valence-electron chi connectivity index (χ3n) is 8.09. The van der Waals surface area contributed by atoms with Crippen molar-refractivity contribution >= 4 is 39.7 Å². The number of aliphatic hydroxyl groups is 1. The van der Waals surface area contributed by atoms with Crippen molar-refractivity contribution in [3.8, 4) is 5.75 Å². The zero-order chi connectivity index (χ0) is 34.6. The molecule has 4 rings (SSSR count). The Morgan fingerprint density at radius 1 is 1.15 bits per heavy atom. The molecular weight excluding hydrogens is 634 g/mol. The second kappa shape index (κ2) is 14.3. The van der Waals surface area contributed by atoms with Crippen molar-refractivity contribution in [2.45, 2.75) is 99.9 Å². The average Bonchev–Trinajstić information content (AvgIpc) is 3.53. The Hall–Kier alpha value is -4.18. The van der Waals surface area contributed by atoms with Crippen LogP contribution in [0.25, 0.3) is 0 Å². The summed E-state index contributed by atoms with van der Waals surface area (Å²) in [5, 5.41) is 15.8. The predicted molar refractivity (Wildman–Crippen MR) is 167 cm³/mol. The Morgan fingerprint density at radius 2 is 1.87 bits per heavy atom. The summed E-state index contributed by atoms with van der Waals surface area (Å²) >= 11 is 0. The van der Waals surface area contributed by atoms with Gasteiger partial charge >= 0.3 is 6.09 Å². The number of hydrogen-bond donors (Lipinski definition) is 5. The van der Waals surface area contributed by atoms with E-state index in [0.29, 0.717) is 12.8 Å². The van der Waals surface area contributed by atoms with Gasteiger partial charge in [-0.05, 0) is 58.6 Å². The van der Waals surface area contributed by atoms with Crippen LogP contribution in [0.1, 0.15) is 65.7 Å². The van der Waals surface area contributed by atoms with Gasteiger partial charge < -0.3 is 35.8 Å². The third-order valence-corrected chi connectivity index (χ3v) is 9.46. The van der Waals surface area contributed by atoms with Crippen LogP contribution in [-0.4, -0.2) is 90.6 Å². The number of benzene rings is 1. The summed E-state index contributed by atoms with van der Waals surface area (Å²) in [5.74, 6) is -3.93. The van der Waals surface area contributed by atoms with Crippen molar-refractivity contribution < 1.29 is 47.0 Å². The number of nitrogens with zero attached hydrogens (tertiary/aromatic N) is 1. The van der Waals surface area contributed by atoms with Gasteiger partial charge in [0.05, 0.1) is 6.10 Å². The number of carbonyl (C=O) groups excluding carboxylic acids is 5. The molecule has 16 heteroatoms. The van der Waals surface area contributed by atoms with Crippen LogP contribution in [0.15, 0.2) is 41.3 Å². The number of fused-ring (bicyclic) bond motifs is 2. The topological polar surface area (TPSA) is 224 Å². The maximum atomic E-state index is 13.8. The monoisotopic (exact) mass is 677 g/mol. The highest BCUT2D eigenvalue weighted by Crippen LogP contribution is 2.46. The van der Waals surface area contributed by atoms with Crippen molar-refractivity contribution in [3.63, 3.8) is 0 Å². The van der Waals surface area contributed by atoms with Crippen LogP contribution in [0.4, 0.5) is 4.79 Å². The molecule has 2 heterocycles. The number of rotatable bonds is 7. The van der Waals surface area contributed by atoms with Crippen molar-refractivity contribution in [3.05, 3.63) is 36.4 Å². The maximum Gasteiger partial charge on any atom is 0.408 e. The molecular formula is C31H43N5O10S. The minimum Gasteiger partial charge on any atom is -0.482 e. The molecule has 258 valence electrons. The van der Waals surface area contributed by atoms with Crippen LogP contribution in [0.5, 0.6) is 5.75 Å². The van der Waals surface area contributed by atoms with E-state index < -0.39 is 86.5 Å². The van der Waals surface area contributed by atoms with Crippen LogP contribution in [0.2, 0.25) is 0 Å². The van der Waals surface area contributed by atoms with E-state index in [1.165, 1.54) is 29.2 Å².